The Morgan fingerprint density at radius 1 is 1.45 bits per heavy atom. The number of hydrogen-bond acceptors (Lipinski definition) is 5. The number of aryl methyl sites for hydroxylation is 1. The van der Waals surface area contributed by atoms with Crippen LogP contribution in [0, 0.1) is 0 Å². The molecule has 1 aliphatic rings. The second-order valence-corrected chi connectivity index (χ2v) is 7.47. The highest BCUT2D eigenvalue weighted by Gasteiger charge is 2.35. The zero-order valence-electron chi connectivity index (χ0n) is 12.8. The monoisotopic (exact) mass is 315 g/mol. The third kappa shape index (κ3) is 3.12. The molecule has 114 valence electrons. The van der Waals surface area contributed by atoms with Crippen LogP contribution in [0.25, 0.3) is 0 Å². The normalized spacial score (nSPS) is 24.6. The van der Waals surface area contributed by atoms with Crippen LogP contribution in [0.5, 0.6) is 5.75 Å². The standard InChI is InChI=1S/C14H25N3OS2/c1-5-11-14(20-8-7-19-11)12(15-3)13-10(18-4)9-16-17(13)6-2/h9,11-12,14-15H,5-8H2,1-4H3. The second-order valence-electron chi connectivity index (χ2n) is 4.83. The molecule has 1 saturated heterocycles. The Morgan fingerprint density at radius 3 is 2.80 bits per heavy atom. The van der Waals surface area contributed by atoms with Crippen molar-refractivity contribution in [1.29, 1.82) is 0 Å². The van der Waals surface area contributed by atoms with Gasteiger partial charge >= 0.3 is 0 Å². The summed E-state index contributed by atoms with van der Waals surface area (Å²) in [5, 5.41) is 9.23. The summed E-state index contributed by atoms with van der Waals surface area (Å²) >= 11 is 4.19. The van der Waals surface area contributed by atoms with E-state index in [1.54, 1.807) is 7.11 Å². The van der Waals surface area contributed by atoms with E-state index in [0.29, 0.717) is 10.5 Å². The van der Waals surface area contributed by atoms with Crippen molar-refractivity contribution in [3.63, 3.8) is 0 Å². The van der Waals surface area contributed by atoms with Crippen LogP contribution in [0.15, 0.2) is 6.20 Å². The summed E-state index contributed by atoms with van der Waals surface area (Å²) in [7, 11) is 3.77. The molecule has 0 saturated carbocycles. The minimum Gasteiger partial charge on any atom is -0.493 e. The van der Waals surface area contributed by atoms with Crippen LogP contribution in [0.1, 0.15) is 32.0 Å². The molecule has 1 N–H and O–H groups in total. The summed E-state index contributed by atoms with van der Waals surface area (Å²) in [5.74, 6) is 3.39. The molecule has 0 aromatic carbocycles. The Balaban J connectivity index is 2.33. The Labute approximate surface area is 130 Å². The summed E-state index contributed by atoms with van der Waals surface area (Å²) in [6.07, 6.45) is 3.05. The van der Waals surface area contributed by atoms with Gasteiger partial charge in [-0.05, 0) is 20.4 Å². The number of nitrogens with zero attached hydrogens (tertiary/aromatic N) is 2. The van der Waals surface area contributed by atoms with E-state index in [-0.39, 0.29) is 6.04 Å². The van der Waals surface area contributed by atoms with Crippen LogP contribution < -0.4 is 10.1 Å². The van der Waals surface area contributed by atoms with Crippen molar-refractivity contribution in [3.05, 3.63) is 11.9 Å². The lowest BCUT2D eigenvalue weighted by Crippen LogP contribution is -2.38. The first-order valence-corrected chi connectivity index (χ1v) is 9.36. The fourth-order valence-corrected chi connectivity index (χ4v) is 6.07. The highest BCUT2D eigenvalue weighted by Crippen LogP contribution is 2.42. The summed E-state index contributed by atoms with van der Waals surface area (Å²) in [6.45, 7) is 5.29. The van der Waals surface area contributed by atoms with Crippen LogP contribution in [-0.2, 0) is 6.54 Å². The molecule has 1 fully saturated rings. The number of ether oxygens (including phenoxy) is 1. The number of rotatable bonds is 6. The smallest absolute Gasteiger partial charge is 0.161 e. The fourth-order valence-electron chi connectivity index (χ4n) is 2.80. The van der Waals surface area contributed by atoms with E-state index < -0.39 is 0 Å². The maximum atomic E-state index is 5.53. The van der Waals surface area contributed by atoms with E-state index in [1.165, 1.54) is 23.6 Å². The van der Waals surface area contributed by atoms with Crippen molar-refractivity contribution in [3.8, 4) is 5.75 Å². The Bertz CT molecular complexity index is 403. The van der Waals surface area contributed by atoms with Gasteiger partial charge in [0.2, 0.25) is 0 Å². The number of methoxy groups -OCH3 is 1. The average Bonchev–Trinajstić information content (AvgIpc) is 2.91. The van der Waals surface area contributed by atoms with E-state index in [1.807, 2.05) is 13.2 Å². The van der Waals surface area contributed by atoms with Gasteiger partial charge in [-0.1, -0.05) is 6.92 Å². The lowest BCUT2D eigenvalue weighted by molar-refractivity contribution is 0.391. The number of nitrogens with one attached hydrogen (secondary N) is 1. The highest BCUT2D eigenvalue weighted by atomic mass is 32.2. The average molecular weight is 316 g/mol. The van der Waals surface area contributed by atoms with Crippen LogP contribution in [0.4, 0.5) is 0 Å². The Morgan fingerprint density at radius 2 is 2.20 bits per heavy atom. The van der Waals surface area contributed by atoms with Crippen LogP contribution in [0.3, 0.4) is 0 Å². The van der Waals surface area contributed by atoms with E-state index in [0.717, 1.165) is 12.3 Å². The molecule has 20 heavy (non-hydrogen) atoms. The molecule has 0 aliphatic carbocycles. The predicted octanol–water partition coefficient (Wildman–Crippen LogP) is 2.80. The molecule has 2 rings (SSSR count). The van der Waals surface area contributed by atoms with Gasteiger partial charge in [-0.15, -0.1) is 0 Å². The van der Waals surface area contributed by atoms with Gasteiger partial charge in [0.25, 0.3) is 0 Å². The fraction of sp³-hybridized carbons (Fsp3) is 0.786. The lowest BCUT2D eigenvalue weighted by Gasteiger charge is -2.36. The topological polar surface area (TPSA) is 39.1 Å². The maximum Gasteiger partial charge on any atom is 0.161 e. The molecule has 0 amide bonds. The third-order valence-electron chi connectivity index (χ3n) is 3.79. The van der Waals surface area contributed by atoms with E-state index in [2.05, 4.69) is 52.5 Å². The highest BCUT2D eigenvalue weighted by molar-refractivity contribution is 8.07. The number of aromatic nitrogens is 2. The van der Waals surface area contributed by atoms with Crippen molar-refractivity contribution in [2.24, 2.45) is 0 Å². The third-order valence-corrected chi connectivity index (χ3v) is 7.14. The molecular formula is C14H25N3OS2. The molecule has 4 nitrogen and oxygen atoms in total. The SMILES string of the molecule is CCC1SCCSC1C(NC)c1c(OC)cnn1CC. The van der Waals surface area contributed by atoms with Gasteiger partial charge in [-0.2, -0.15) is 28.6 Å². The molecule has 2 heterocycles. The van der Waals surface area contributed by atoms with E-state index >= 15 is 0 Å². The molecule has 3 unspecified atom stereocenters. The van der Waals surface area contributed by atoms with Crippen molar-refractivity contribution in [1.82, 2.24) is 15.1 Å². The van der Waals surface area contributed by atoms with Gasteiger partial charge in [-0.25, -0.2) is 0 Å². The summed E-state index contributed by atoms with van der Waals surface area (Å²) in [6, 6.07) is 0.287. The summed E-state index contributed by atoms with van der Waals surface area (Å²) < 4.78 is 7.59. The first-order valence-electron chi connectivity index (χ1n) is 7.26. The molecule has 0 bridgehead atoms. The van der Waals surface area contributed by atoms with Gasteiger partial charge in [0, 0.05) is 28.6 Å². The van der Waals surface area contributed by atoms with Gasteiger partial charge in [0.15, 0.2) is 5.75 Å². The maximum absolute atomic E-state index is 5.53. The first-order chi connectivity index (χ1) is 9.76. The Kier molecular flexibility index (Phi) is 6.11. The largest absolute Gasteiger partial charge is 0.493 e. The zero-order chi connectivity index (χ0) is 14.5. The van der Waals surface area contributed by atoms with Crippen LogP contribution in [0.2, 0.25) is 0 Å². The molecule has 0 radical (unpaired) electrons. The quantitative estimate of drug-likeness (QED) is 0.874. The van der Waals surface area contributed by atoms with Gasteiger partial charge in [0.05, 0.1) is 25.0 Å². The molecule has 0 spiro atoms. The van der Waals surface area contributed by atoms with Gasteiger partial charge < -0.3 is 10.1 Å². The number of hydrogen-bond donors (Lipinski definition) is 1. The van der Waals surface area contributed by atoms with E-state index in [4.69, 9.17) is 4.74 Å². The molecule has 1 aromatic rings. The van der Waals surface area contributed by atoms with Crippen LogP contribution >= 0.6 is 23.5 Å². The lowest BCUT2D eigenvalue weighted by atomic mass is 10.0. The summed E-state index contributed by atoms with van der Waals surface area (Å²) in [4.78, 5) is 0. The van der Waals surface area contributed by atoms with Gasteiger partial charge in [-0.3, -0.25) is 4.68 Å². The molecule has 1 aliphatic heterocycles. The first kappa shape index (κ1) is 16.0. The van der Waals surface area contributed by atoms with Crippen molar-refractivity contribution >= 4 is 23.5 Å². The molecule has 1 aromatic heterocycles. The minimum absolute atomic E-state index is 0.287. The van der Waals surface area contributed by atoms with Crippen molar-refractivity contribution in [2.75, 3.05) is 25.7 Å². The second kappa shape index (κ2) is 7.61. The van der Waals surface area contributed by atoms with E-state index in [9.17, 15) is 0 Å². The molecule has 3 atom stereocenters. The van der Waals surface area contributed by atoms with Crippen molar-refractivity contribution < 1.29 is 4.74 Å². The number of thioether (sulfide) groups is 2. The van der Waals surface area contributed by atoms with Gasteiger partial charge in [0.1, 0.15) is 0 Å². The molecular weight excluding hydrogens is 290 g/mol. The Hall–Kier alpha value is -0.330. The van der Waals surface area contributed by atoms with Crippen LogP contribution in [-0.4, -0.2) is 45.9 Å². The zero-order valence-corrected chi connectivity index (χ0v) is 14.4. The molecule has 6 heteroatoms. The minimum atomic E-state index is 0.287. The summed E-state index contributed by atoms with van der Waals surface area (Å²) in [5.41, 5.74) is 1.19. The predicted molar refractivity (Wildman–Crippen MR) is 89.0 cm³/mol. The van der Waals surface area contributed by atoms with Crippen molar-refractivity contribution in [2.45, 2.75) is 43.4 Å².